The Kier molecular flexibility index (Phi) is 2.20. The summed E-state index contributed by atoms with van der Waals surface area (Å²) in [5.74, 6) is -1.59. The Balaban J connectivity index is 2.57. The van der Waals surface area contributed by atoms with Gasteiger partial charge in [0.15, 0.2) is 11.6 Å². The zero-order valence-corrected chi connectivity index (χ0v) is 7.96. The van der Waals surface area contributed by atoms with E-state index in [1.54, 1.807) is 0 Å². The molecule has 16 heavy (non-hydrogen) atoms. The largest absolute Gasteiger partial charge is 0.269 e. The van der Waals surface area contributed by atoms with E-state index in [-0.39, 0.29) is 17.7 Å². The molecule has 0 aromatic heterocycles. The van der Waals surface area contributed by atoms with E-state index in [0.29, 0.717) is 12.1 Å². The van der Waals surface area contributed by atoms with Gasteiger partial charge >= 0.3 is 0 Å². The molecule has 1 aliphatic heterocycles. The summed E-state index contributed by atoms with van der Waals surface area (Å²) >= 11 is 0. The highest BCUT2D eigenvalue weighted by Gasteiger charge is 2.36. The molecule has 0 bridgehead atoms. The highest BCUT2D eigenvalue weighted by molar-refractivity contribution is 6.21. The van der Waals surface area contributed by atoms with Crippen molar-refractivity contribution in [1.29, 1.82) is 0 Å². The molecule has 0 N–H and O–H groups in total. The maximum Gasteiger partial charge on any atom is 0.262 e. The van der Waals surface area contributed by atoms with Crippen LogP contribution in [0.15, 0.2) is 12.1 Å². The number of hydrogen-bond acceptors (Lipinski definition) is 2. The first-order valence-electron chi connectivity index (χ1n) is 4.35. The number of fused-ring (bicyclic) bond motifs is 1. The van der Waals surface area contributed by atoms with E-state index < -0.39 is 23.4 Å². The van der Waals surface area contributed by atoms with Gasteiger partial charge in [0, 0.05) is 0 Å². The van der Waals surface area contributed by atoms with E-state index in [2.05, 4.69) is 5.92 Å². The minimum atomic E-state index is -1.16. The van der Waals surface area contributed by atoms with Crippen LogP contribution in [0.5, 0.6) is 0 Å². The molecule has 0 unspecified atom stereocenters. The number of carbonyl (C=O) groups excluding carboxylic acids is 2. The molecule has 80 valence electrons. The van der Waals surface area contributed by atoms with Crippen LogP contribution in [0.3, 0.4) is 0 Å². The van der Waals surface area contributed by atoms with Gasteiger partial charge in [0.1, 0.15) is 0 Å². The number of nitrogens with zero attached hydrogens (tertiary/aromatic N) is 1. The van der Waals surface area contributed by atoms with Crippen molar-refractivity contribution >= 4 is 11.8 Å². The standard InChI is InChI=1S/C11H5F2NO2/c1-2-3-14-10(15)6-4-8(12)9(13)5-7(6)11(14)16/h1,4-5H,3H2. The second-order valence-corrected chi connectivity index (χ2v) is 3.21. The highest BCUT2D eigenvalue weighted by Crippen LogP contribution is 2.24. The number of benzene rings is 1. The Bertz CT molecular complexity index is 505. The Morgan fingerprint density at radius 1 is 1.12 bits per heavy atom. The van der Waals surface area contributed by atoms with Gasteiger partial charge in [0.25, 0.3) is 11.8 Å². The topological polar surface area (TPSA) is 37.4 Å². The molecule has 0 saturated carbocycles. The third-order valence-corrected chi connectivity index (χ3v) is 2.26. The zero-order valence-electron chi connectivity index (χ0n) is 7.96. The van der Waals surface area contributed by atoms with Crippen molar-refractivity contribution in [3.63, 3.8) is 0 Å². The maximum atomic E-state index is 12.9. The fourth-order valence-electron chi connectivity index (χ4n) is 1.52. The Morgan fingerprint density at radius 2 is 1.56 bits per heavy atom. The van der Waals surface area contributed by atoms with Gasteiger partial charge in [-0.05, 0) is 12.1 Å². The van der Waals surface area contributed by atoms with Crippen LogP contribution in [-0.4, -0.2) is 23.3 Å². The summed E-state index contributed by atoms with van der Waals surface area (Å²) in [6.45, 7) is -0.213. The predicted octanol–water partition coefficient (Wildman–Crippen LogP) is 1.19. The lowest BCUT2D eigenvalue weighted by Gasteiger charge is -2.07. The summed E-state index contributed by atoms with van der Waals surface area (Å²) < 4.78 is 25.8. The molecule has 1 aliphatic rings. The van der Waals surface area contributed by atoms with E-state index in [1.807, 2.05) is 0 Å². The molecule has 1 aromatic rings. The quantitative estimate of drug-likeness (QED) is 0.527. The lowest BCUT2D eigenvalue weighted by Crippen LogP contribution is -2.29. The first-order valence-corrected chi connectivity index (χ1v) is 4.35. The molecular weight excluding hydrogens is 216 g/mol. The van der Waals surface area contributed by atoms with Crippen LogP contribution in [-0.2, 0) is 0 Å². The minimum Gasteiger partial charge on any atom is -0.269 e. The number of hydrogen-bond donors (Lipinski definition) is 0. The molecule has 1 aromatic carbocycles. The second kappa shape index (κ2) is 3.42. The third kappa shape index (κ3) is 1.27. The van der Waals surface area contributed by atoms with E-state index in [0.717, 1.165) is 4.90 Å². The lowest BCUT2D eigenvalue weighted by atomic mass is 10.1. The van der Waals surface area contributed by atoms with Gasteiger partial charge < -0.3 is 0 Å². The van der Waals surface area contributed by atoms with Gasteiger partial charge in [-0.1, -0.05) is 5.92 Å². The van der Waals surface area contributed by atoms with Gasteiger partial charge in [-0.25, -0.2) is 8.78 Å². The van der Waals surface area contributed by atoms with E-state index in [1.165, 1.54) is 0 Å². The summed E-state index contributed by atoms with van der Waals surface area (Å²) in [5, 5.41) is 0. The lowest BCUT2D eigenvalue weighted by molar-refractivity contribution is 0.0674. The number of terminal acetylenes is 1. The molecule has 3 nitrogen and oxygen atoms in total. The average molecular weight is 221 g/mol. The Morgan fingerprint density at radius 3 is 1.94 bits per heavy atom. The number of halogens is 2. The summed E-state index contributed by atoms with van der Waals surface area (Å²) in [7, 11) is 0. The molecule has 0 atom stereocenters. The molecule has 0 saturated heterocycles. The maximum absolute atomic E-state index is 12.9. The molecule has 0 fully saturated rings. The van der Waals surface area contributed by atoms with Crippen molar-refractivity contribution in [2.24, 2.45) is 0 Å². The molecule has 1 heterocycles. The van der Waals surface area contributed by atoms with Crippen LogP contribution < -0.4 is 0 Å². The molecule has 0 radical (unpaired) electrons. The van der Waals surface area contributed by atoms with Crippen LogP contribution in [0.25, 0.3) is 0 Å². The third-order valence-electron chi connectivity index (χ3n) is 2.26. The van der Waals surface area contributed by atoms with Crippen LogP contribution >= 0.6 is 0 Å². The fraction of sp³-hybridized carbons (Fsp3) is 0.0909. The van der Waals surface area contributed by atoms with Gasteiger partial charge in [-0.3, -0.25) is 14.5 Å². The van der Waals surface area contributed by atoms with Gasteiger partial charge in [-0.2, -0.15) is 0 Å². The van der Waals surface area contributed by atoms with Crippen molar-refractivity contribution in [2.75, 3.05) is 6.54 Å². The smallest absolute Gasteiger partial charge is 0.262 e. The van der Waals surface area contributed by atoms with Gasteiger partial charge in [-0.15, -0.1) is 6.42 Å². The molecule has 2 rings (SSSR count). The molecule has 0 aliphatic carbocycles. The van der Waals surface area contributed by atoms with E-state index in [9.17, 15) is 18.4 Å². The molecule has 5 heteroatoms. The number of amides is 2. The summed E-state index contributed by atoms with van der Waals surface area (Å²) in [6, 6.07) is 1.42. The van der Waals surface area contributed by atoms with Crippen molar-refractivity contribution in [3.05, 3.63) is 34.9 Å². The van der Waals surface area contributed by atoms with Crippen LogP contribution in [0.1, 0.15) is 20.7 Å². The summed E-state index contributed by atoms with van der Waals surface area (Å²) in [4.78, 5) is 23.9. The normalized spacial score (nSPS) is 13.9. The first kappa shape index (κ1) is 10.3. The zero-order chi connectivity index (χ0) is 11.9. The Hall–Kier alpha value is -2.22. The summed E-state index contributed by atoms with van der Waals surface area (Å²) in [6.07, 6.45) is 4.98. The van der Waals surface area contributed by atoms with Crippen molar-refractivity contribution < 1.29 is 18.4 Å². The van der Waals surface area contributed by atoms with Gasteiger partial charge in [0.2, 0.25) is 0 Å². The van der Waals surface area contributed by atoms with Crippen LogP contribution in [0.2, 0.25) is 0 Å². The van der Waals surface area contributed by atoms with E-state index >= 15 is 0 Å². The summed E-state index contributed by atoms with van der Waals surface area (Å²) in [5.41, 5.74) is -0.307. The number of carbonyl (C=O) groups is 2. The molecule has 2 amide bonds. The predicted molar refractivity (Wildman–Crippen MR) is 50.6 cm³/mol. The Labute approximate surface area is 89.7 Å². The van der Waals surface area contributed by atoms with Crippen molar-refractivity contribution in [3.8, 4) is 12.3 Å². The van der Waals surface area contributed by atoms with E-state index in [4.69, 9.17) is 6.42 Å². The SMILES string of the molecule is C#CCN1C(=O)c2cc(F)c(F)cc2C1=O. The minimum absolute atomic E-state index is 0.154. The van der Waals surface area contributed by atoms with Crippen molar-refractivity contribution in [2.45, 2.75) is 0 Å². The van der Waals surface area contributed by atoms with Crippen molar-refractivity contribution in [1.82, 2.24) is 4.90 Å². The second-order valence-electron chi connectivity index (χ2n) is 3.21. The molecule has 0 spiro atoms. The first-order chi connectivity index (χ1) is 7.56. The number of imide groups is 1. The fourth-order valence-corrected chi connectivity index (χ4v) is 1.52. The van der Waals surface area contributed by atoms with Crippen LogP contribution in [0, 0.1) is 24.0 Å². The highest BCUT2D eigenvalue weighted by atomic mass is 19.2. The number of rotatable bonds is 1. The average Bonchev–Trinajstić information content (AvgIpc) is 2.46. The van der Waals surface area contributed by atoms with Gasteiger partial charge in [0.05, 0.1) is 17.7 Å². The molecular formula is C11H5F2NO2. The van der Waals surface area contributed by atoms with Crippen LogP contribution in [0.4, 0.5) is 8.78 Å². The monoisotopic (exact) mass is 221 g/mol.